The molecule has 0 aliphatic heterocycles. The highest BCUT2D eigenvalue weighted by molar-refractivity contribution is 7.99. The summed E-state index contributed by atoms with van der Waals surface area (Å²) in [6, 6.07) is 10.1. The van der Waals surface area contributed by atoms with Crippen LogP contribution < -0.4 is 5.32 Å². The topological polar surface area (TPSA) is 59.8 Å². The first-order valence-electron chi connectivity index (χ1n) is 5.98. The SMILES string of the molecule is CNC(=O)CSc1nnc(C)n1Cc1ccccc1. The van der Waals surface area contributed by atoms with Gasteiger partial charge in [-0.05, 0) is 12.5 Å². The Bertz CT molecular complexity index is 553. The quantitative estimate of drug-likeness (QED) is 0.840. The maximum Gasteiger partial charge on any atom is 0.230 e. The van der Waals surface area contributed by atoms with E-state index in [2.05, 4.69) is 27.6 Å². The number of hydrogen-bond donors (Lipinski definition) is 1. The number of rotatable bonds is 5. The number of aromatic nitrogens is 3. The summed E-state index contributed by atoms with van der Waals surface area (Å²) in [5.74, 6) is 1.18. The summed E-state index contributed by atoms with van der Waals surface area (Å²) < 4.78 is 2.02. The maximum absolute atomic E-state index is 11.3. The lowest BCUT2D eigenvalue weighted by molar-refractivity contribution is -0.118. The second-order valence-electron chi connectivity index (χ2n) is 4.06. The van der Waals surface area contributed by atoms with Crippen molar-refractivity contribution in [3.8, 4) is 0 Å². The summed E-state index contributed by atoms with van der Waals surface area (Å²) in [5, 5.41) is 11.6. The zero-order valence-electron chi connectivity index (χ0n) is 11.0. The predicted molar refractivity (Wildman–Crippen MR) is 75.1 cm³/mol. The Hall–Kier alpha value is -1.82. The van der Waals surface area contributed by atoms with Gasteiger partial charge in [0.05, 0.1) is 12.3 Å². The second kappa shape index (κ2) is 6.38. The smallest absolute Gasteiger partial charge is 0.230 e. The molecule has 0 radical (unpaired) electrons. The fourth-order valence-electron chi connectivity index (χ4n) is 1.62. The van der Waals surface area contributed by atoms with E-state index in [1.54, 1.807) is 7.05 Å². The van der Waals surface area contributed by atoms with Crippen LogP contribution in [0.2, 0.25) is 0 Å². The average molecular weight is 276 g/mol. The molecule has 5 nitrogen and oxygen atoms in total. The van der Waals surface area contributed by atoms with Crippen LogP contribution in [0.25, 0.3) is 0 Å². The van der Waals surface area contributed by atoms with Crippen molar-refractivity contribution in [2.24, 2.45) is 0 Å². The number of aryl methyl sites for hydroxylation is 1. The number of carbonyl (C=O) groups is 1. The number of amides is 1. The van der Waals surface area contributed by atoms with Crippen molar-refractivity contribution < 1.29 is 4.79 Å². The summed E-state index contributed by atoms with van der Waals surface area (Å²) in [6.07, 6.45) is 0. The van der Waals surface area contributed by atoms with Gasteiger partial charge in [-0.15, -0.1) is 10.2 Å². The third-order valence-corrected chi connectivity index (χ3v) is 3.66. The van der Waals surface area contributed by atoms with Crippen molar-refractivity contribution in [2.45, 2.75) is 18.6 Å². The van der Waals surface area contributed by atoms with Crippen LogP contribution in [-0.2, 0) is 11.3 Å². The molecule has 0 saturated carbocycles. The fraction of sp³-hybridized carbons (Fsp3) is 0.308. The van der Waals surface area contributed by atoms with E-state index in [9.17, 15) is 4.79 Å². The minimum atomic E-state index is -0.0167. The van der Waals surface area contributed by atoms with Crippen LogP contribution in [0.1, 0.15) is 11.4 Å². The lowest BCUT2D eigenvalue weighted by Gasteiger charge is -2.08. The largest absolute Gasteiger partial charge is 0.358 e. The molecule has 0 aliphatic rings. The van der Waals surface area contributed by atoms with Crippen molar-refractivity contribution in [1.29, 1.82) is 0 Å². The molecule has 2 rings (SSSR count). The highest BCUT2D eigenvalue weighted by Gasteiger charge is 2.11. The molecule has 0 aliphatic carbocycles. The summed E-state index contributed by atoms with van der Waals surface area (Å²) in [4.78, 5) is 11.3. The van der Waals surface area contributed by atoms with E-state index in [4.69, 9.17) is 0 Å². The lowest BCUT2D eigenvalue weighted by atomic mass is 10.2. The first kappa shape index (κ1) is 13.6. The van der Waals surface area contributed by atoms with Gasteiger partial charge in [-0.1, -0.05) is 42.1 Å². The van der Waals surface area contributed by atoms with Gasteiger partial charge < -0.3 is 9.88 Å². The van der Waals surface area contributed by atoms with Gasteiger partial charge in [0.15, 0.2) is 5.16 Å². The van der Waals surface area contributed by atoms with Crippen LogP contribution in [0.5, 0.6) is 0 Å². The van der Waals surface area contributed by atoms with Crippen molar-refractivity contribution in [3.05, 3.63) is 41.7 Å². The first-order valence-corrected chi connectivity index (χ1v) is 6.96. The Kier molecular flexibility index (Phi) is 4.57. The highest BCUT2D eigenvalue weighted by Crippen LogP contribution is 2.18. The van der Waals surface area contributed by atoms with Crippen molar-refractivity contribution in [1.82, 2.24) is 20.1 Å². The van der Waals surface area contributed by atoms with Gasteiger partial charge in [0, 0.05) is 7.05 Å². The van der Waals surface area contributed by atoms with Gasteiger partial charge in [0.2, 0.25) is 5.91 Å². The van der Waals surface area contributed by atoms with E-state index in [0.717, 1.165) is 17.5 Å². The van der Waals surface area contributed by atoms with Crippen molar-refractivity contribution in [3.63, 3.8) is 0 Å². The molecule has 0 spiro atoms. The Balaban J connectivity index is 2.11. The molecule has 19 heavy (non-hydrogen) atoms. The average Bonchev–Trinajstić information content (AvgIpc) is 2.78. The molecule has 0 fully saturated rings. The summed E-state index contributed by atoms with van der Waals surface area (Å²) >= 11 is 1.40. The molecular weight excluding hydrogens is 260 g/mol. The molecule has 1 N–H and O–H groups in total. The van der Waals surface area contributed by atoms with E-state index in [0.29, 0.717) is 5.75 Å². The first-order chi connectivity index (χ1) is 9.20. The molecule has 0 atom stereocenters. The van der Waals surface area contributed by atoms with E-state index in [1.807, 2.05) is 29.7 Å². The maximum atomic E-state index is 11.3. The zero-order valence-corrected chi connectivity index (χ0v) is 11.8. The van der Waals surface area contributed by atoms with Crippen LogP contribution in [-0.4, -0.2) is 33.5 Å². The Morgan fingerprint density at radius 3 is 2.74 bits per heavy atom. The Labute approximate surface area is 116 Å². The monoisotopic (exact) mass is 276 g/mol. The summed E-state index contributed by atoms with van der Waals surface area (Å²) in [7, 11) is 1.63. The number of benzene rings is 1. The third-order valence-electron chi connectivity index (χ3n) is 2.70. The van der Waals surface area contributed by atoms with E-state index < -0.39 is 0 Å². The highest BCUT2D eigenvalue weighted by atomic mass is 32.2. The minimum absolute atomic E-state index is 0.0167. The third kappa shape index (κ3) is 3.57. The second-order valence-corrected chi connectivity index (χ2v) is 5.01. The normalized spacial score (nSPS) is 10.4. The van der Waals surface area contributed by atoms with Crippen molar-refractivity contribution in [2.75, 3.05) is 12.8 Å². The molecule has 1 aromatic carbocycles. The number of hydrogen-bond acceptors (Lipinski definition) is 4. The molecule has 6 heteroatoms. The number of carbonyl (C=O) groups excluding carboxylic acids is 1. The minimum Gasteiger partial charge on any atom is -0.358 e. The van der Waals surface area contributed by atoms with Gasteiger partial charge in [-0.2, -0.15) is 0 Å². The molecule has 1 heterocycles. The molecule has 1 aromatic heterocycles. The molecular formula is C13H16N4OS. The van der Waals surface area contributed by atoms with Crippen LogP contribution in [0, 0.1) is 6.92 Å². The number of nitrogens with zero attached hydrogens (tertiary/aromatic N) is 3. The summed E-state index contributed by atoms with van der Waals surface area (Å²) in [5.41, 5.74) is 1.19. The van der Waals surface area contributed by atoms with Crippen LogP contribution >= 0.6 is 11.8 Å². The van der Waals surface area contributed by atoms with Crippen LogP contribution in [0.15, 0.2) is 35.5 Å². The van der Waals surface area contributed by atoms with E-state index >= 15 is 0 Å². The molecule has 0 saturated heterocycles. The summed E-state index contributed by atoms with van der Waals surface area (Å²) in [6.45, 7) is 2.63. The van der Waals surface area contributed by atoms with Crippen LogP contribution in [0.4, 0.5) is 0 Å². The zero-order chi connectivity index (χ0) is 13.7. The molecule has 0 unspecified atom stereocenters. The van der Waals surface area contributed by atoms with Gasteiger partial charge in [-0.25, -0.2) is 0 Å². The molecule has 1 amide bonds. The fourth-order valence-corrected chi connectivity index (χ4v) is 2.47. The predicted octanol–water partition coefficient (Wildman–Crippen LogP) is 1.47. The molecule has 100 valence electrons. The molecule has 2 aromatic rings. The number of nitrogens with one attached hydrogen (secondary N) is 1. The van der Waals surface area contributed by atoms with Crippen molar-refractivity contribution >= 4 is 17.7 Å². The van der Waals surface area contributed by atoms with Gasteiger partial charge in [-0.3, -0.25) is 4.79 Å². The Morgan fingerprint density at radius 1 is 1.32 bits per heavy atom. The van der Waals surface area contributed by atoms with E-state index in [-0.39, 0.29) is 5.91 Å². The van der Waals surface area contributed by atoms with Gasteiger partial charge in [0.25, 0.3) is 0 Å². The van der Waals surface area contributed by atoms with Gasteiger partial charge >= 0.3 is 0 Å². The molecule has 0 bridgehead atoms. The lowest BCUT2D eigenvalue weighted by Crippen LogP contribution is -2.20. The number of thioether (sulfide) groups is 1. The van der Waals surface area contributed by atoms with Gasteiger partial charge in [0.1, 0.15) is 5.82 Å². The van der Waals surface area contributed by atoms with E-state index in [1.165, 1.54) is 17.3 Å². The standard InChI is InChI=1S/C13H16N4OS/c1-10-15-16-13(19-9-12(18)14-2)17(10)8-11-6-4-3-5-7-11/h3-7H,8-9H2,1-2H3,(H,14,18). The van der Waals surface area contributed by atoms with Crippen LogP contribution in [0.3, 0.4) is 0 Å². The Morgan fingerprint density at radius 2 is 2.05 bits per heavy atom.